The van der Waals surface area contributed by atoms with Crippen LogP contribution in [0.15, 0.2) is 16.8 Å². The van der Waals surface area contributed by atoms with Gasteiger partial charge in [-0.15, -0.1) is 0 Å². The van der Waals surface area contributed by atoms with Gasteiger partial charge in [0.1, 0.15) is 0 Å². The Bertz CT molecular complexity index is 258. The fourth-order valence-corrected chi connectivity index (χ4v) is 2.61. The zero-order valence-corrected chi connectivity index (χ0v) is 8.68. The van der Waals surface area contributed by atoms with E-state index in [2.05, 4.69) is 29.1 Å². The van der Waals surface area contributed by atoms with Crippen LogP contribution in [0.4, 0.5) is 0 Å². The quantitative estimate of drug-likeness (QED) is 0.720. The van der Waals surface area contributed by atoms with Crippen LogP contribution in [0.5, 0.6) is 0 Å². The Labute approximate surface area is 83.1 Å². The van der Waals surface area contributed by atoms with Gasteiger partial charge in [-0.05, 0) is 42.2 Å². The molecule has 2 heterocycles. The van der Waals surface area contributed by atoms with Gasteiger partial charge in [0.2, 0.25) is 0 Å². The first-order valence-electron chi connectivity index (χ1n) is 4.81. The summed E-state index contributed by atoms with van der Waals surface area (Å²) < 4.78 is 0. The second-order valence-corrected chi connectivity index (χ2v) is 4.62. The summed E-state index contributed by atoms with van der Waals surface area (Å²) in [6, 6.07) is 3.42. The minimum atomic E-state index is 0.283. The van der Waals surface area contributed by atoms with Crippen molar-refractivity contribution in [2.24, 2.45) is 5.73 Å². The molecule has 2 rings (SSSR count). The lowest BCUT2D eigenvalue weighted by atomic mass is 9.91. The van der Waals surface area contributed by atoms with E-state index in [1.54, 1.807) is 11.3 Å². The van der Waals surface area contributed by atoms with Crippen LogP contribution in [0, 0.1) is 0 Å². The molecule has 72 valence electrons. The van der Waals surface area contributed by atoms with E-state index in [1.165, 1.54) is 12.0 Å². The topological polar surface area (TPSA) is 38.0 Å². The molecule has 1 fully saturated rings. The number of hydrogen-bond donors (Lipinski definition) is 2. The van der Waals surface area contributed by atoms with Gasteiger partial charge in [-0.2, -0.15) is 11.3 Å². The van der Waals surface area contributed by atoms with Crippen molar-refractivity contribution >= 4 is 11.3 Å². The zero-order chi connectivity index (χ0) is 9.26. The highest BCUT2D eigenvalue weighted by atomic mass is 32.1. The first-order valence-corrected chi connectivity index (χ1v) is 5.75. The second-order valence-electron chi connectivity index (χ2n) is 3.84. The normalized spacial score (nSPS) is 34.8. The third kappa shape index (κ3) is 1.93. The Morgan fingerprint density at radius 1 is 1.54 bits per heavy atom. The Morgan fingerprint density at radius 3 is 3.08 bits per heavy atom. The summed E-state index contributed by atoms with van der Waals surface area (Å²) >= 11 is 1.74. The maximum atomic E-state index is 6.07. The number of nitrogens with two attached hydrogens (primary N) is 1. The monoisotopic (exact) mass is 196 g/mol. The van der Waals surface area contributed by atoms with Crippen LogP contribution in [-0.4, -0.2) is 12.1 Å². The maximum absolute atomic E-state index is 6.07. The van der Waals surface area contributed by atoms with Gasteiger partial charge >= 0.3 is 0 Å². The van der Waals surface area contributed by atoms with E-state index < -0.39 is 0 Å². The maximum Gasteiger partial charge on any atom is 0.0484 e. The van der Waals surface area contributed by atoms with E-state index in [0.717, 1.165) is 6.42 Å². The van der Waals surface area contributed by atoms with Crippen molar-refractivity contribution < 1.29 is 0 Å². The minimum absolute atomic E-state index is 0.283. The number of hydrogen-bond acceptors (Lipinski definition) is 3. The average Bonchev–Trinajstić information content (AvgIpc) is 2.61. The summed E-state index contributed by atoms with van der Waals surface area (Å²) in [6.07, 6.45) is 2.33. The number of nitrogens with one attached hydrogen (secondary N) is 1. The molecule has 13 heavy (non-hydrogen) atoms. The van der Waals surface area contributed by atoms with Gasteiger partial charge in [0.05, 0.1) is 0 Å². The lowest BCUT2D eigenvalue weighted by molar-refractivity contribution is 0.302. The lowest BCUT2D eigenvalue weighted by Gasteiger charge is -2.33. The van der Waals surface area contributed by atoms with Crippen LogP contribution in [0.3, 0.4) is 0 Å². The lowest BCUT2D eigenvalue weighted by Crippen LogP contribution is -2.46. The predicted octanol–water partition coefficient (Wildman–Crippen LogP) is 1.89. The van der Waals surface area contributed by atoms with Crippen LogP contribution in [-0.2, 0) is 0 Å². The Balaban J connectivity index is 2.12. The molecule has 0 aromatic carbocycles. The van der Waals surface area contributed by atoms with Gasteiger partial charge in [0.15, 0.2) is 0 Å². The van der Waals surface area contributed by atoms with Crippen LogP contribution in [0.2, 0.25) is 0 Å². The molecule has 1 aliphatic rings. The van der Waals surface area contributed by atoms with Crippen molar-refractivity contribution in [1.82, 2.24) is 5.32 Å². The number of thiophene rings is 1. The fraction of sp³-hybridized carbons (Fsp3) is 0.600. The molecule has 0 aliphatic carbocycles. The summed E-state index contributed by atoms with van der Waals surface area (Å²) in [5.41, 5.74) is 7.43. The molecule has 1 saturated heterocycles. The molecular formula is C10H16N2S. The highest BCUT2D eigenvalue weighted by Crippen LogP contribution is 2.25. The van der Waals surface area contributed by atoms with E-state index in [0.29, 0.717) is 12.1 Å². The molecule has 0 radical (unpaired) electrons. The van der Waals surface area contributed by atoms with Crippen molar-refractivity contribution in [3.63, 3.8) is 0 Å². The van der Waals surface area contributed by atoms with Gasteiger partial charge in [-0.1, -0.05) is 0 Å². The van der Waals surface area contributed by atoms with Gasteiger partial charge in [0, 0.05) is 18.1 Å². The molecule has 0 saturated carbocycles. The molecule has 1 aliphatic heterocycles. The highest BCUT2D eigenvalue weighted by Gasteiger charge is 2.26. The minimum Gasteiger partial charge on any atom is -0.326 e. The van der Waals surface area contributed by atoms with Crippen molar-refractivity contribution in [2.75, 3.05) is 0 Å². The average molecular weight is 196 g/mol. The van der Waals surface area contributed by atoms with Crippen LogP contribution in [0.1, 0.15) is 31.4 Å². The summed E-state index contributed by atoms with van der Waals surface area (Å²) in [6.45, 7) is 2.23. The molecule has 2 nitrogen and oxygen atoms in total. The summed E-state index contributed by atoms with van der Waals surface area (Å²) in [5, 5.41) is 7.85. The highest BCUT2D eigenvalue weighted by molar-refractivity contribution is 7.07. The van der Waals surface area contributed by atoms with Gasteiger partial charge in [0.25, 0.3) is 0 Å². The third-order valence-corrected chi connectivity index (χ3v) is 3.43. The van der Waals surface area contributed by atoms with E-state index in [1.807, 2.05) is 0 Å². The first kappa shape index (κ1) is 9.19. The van der Waals surface area contributed by atoms with Crippen LogP contribution in [0.25, 0.3) is 0 Å². The van der Waals surface area contributed by atoms with Gasteiger partial charge < -0.3 is 11.1 Å². The SMILES string of the molecule is CC1CCC(N)C(c2ccsc2)N1. The van der Waals surface area contributed by atoms with Crippen LogP contribution < -0.4 is 11.1 Å². The van der Waals surface area contributed by atoms with E-state index in [4.69, 9.17) is 5.73 Å². The number of rotatable bonds is 1. The van der Waals surface area contributed by atoms with E-state index >= 15 is 0 Å². The van der Waals surface area contributed by atoms with E-state index in [9.17, 15) is 0 Å². The smallest absolute Gasteiger partial charge is 0.0484 e. The molecule has 3 heteroatoms. The molecule has 3 unspecified atom stereocenters. The van der Waals surface area contributed by atoms with Gasteiger partial charge in [-0.3, -0.25) is 0 Å². The van der Waals surface area contributed by atoms with Crippen molar-refractivity contribution in [3.8, 4) is 0 Å². The third-order valence-electron chi connectivity index (χ3n) is 2.73. The van der Waals surface area contributed by atoms with Gasteiger partial charge in [-0.25, -0.2) is 0 Å². The Hall–Kier alpha value is -0.380. The van der Waals surface area contributed by atoms with Crippen molar-refractivity contribution in [3.05, 3.63) is 22.4 Å². The summed E-state index contributed by atoms with van der Waals surface area (Å²) in [5.74, 6) is 0. The van der Waals surface area contributed by atoms with Crippen molar-refractivity contribution in [1.29, 1.82) is 0 Å². The summed E-state index contributed by atoms with van der Waals surface area (Å²) in [4.78, 5) is 0. The largest absolute Gasteiger partial charge is 0.326 e. The molecule has 3 atom stereocenters. The molecule has 0 bridgehead atoms. The zero-order valence-electron chi connectivity index (χ0n) is 7.86. The first-order chi connectivity index (χ1) is 6.27. The second kappa shape index (κ2) is 3.78. The fourth-order valence-electron chi connectivity index (χ4n) is 1.92. The molecule has 1 aromatic heterocycles. The predicted molar refractivity (Wildman–Crippen MR) is 56.9 cm³/mol. The standard InChI is InChI=1S/C10H16N2S/c1-7-2-3-9(11)10(12-7)8-4-5-13-6-8/h4-7,9-10,12H,2-3,11H2,1H3. The molecular weight excluding hydrogens is 180 g/mol. The number of piperidine rings is 1. The molecule has 1 aromatic rings. The molecule has 0 amide bonds. The van der Waals surface area contributed by atoms with E-state index in [-0.39, 0.29) is 6.04 Å². The molecule has 3 N–H and O–H groups in total. The summed E-state index contributed by atoms with van der Waals surface area (Å²) in [7, 11) is 0. The Kier molecular flexibility index (Phi) is 2.67. The molecule has 0 spiro atoms. The van der Waals surface area contributed by atoms with Crippen LogP contribution >= 0.6 is 11.3 Å². The van der Waals surface area contributed by atoms with Crippen molar-refractivity contribution in [2.45, 2.75) is 37.9 Å². The Morgan fingerprint density at radius 2 is 2.38 bits per heavy atom.